The number of benzene rings is 1. The Morgan fingerprint density at radius 1 is 1.24 bits per heavy atom. The number of para-hydroxylation sites is 1. The average molecular weight is 371 g/mol. The molecular weight excluding hydrogens is 340 g/mol. The SMILES string of the molecule is CC(CCOc1ccccc1)C(=O)N1CCC(OCCCN)CC1.Cl. The maximum absolute atomic E-state index is 12.5. The minimum absolute atomic E-state index is 0. The van der Waals surface area contributed by atoms with Gasteiger partial charge in [0.1, 0.15) is 5.75 Å². The summed E-state index contributed by atoms with van der Waals surface area (Å²) in [4.78, 5) is 14.5. The van der Waals surface area contributed by atoms with Crippen LogP contribution in [0.3, 0.4) is 0 Å². The average Bonchev–Trinajstić information content (AvgIpc) is 2.63. The van der Waals surface area contributed by atoms with Gasteiger partial charge in [0.15, 0.2) is 0 Å². The largest absolute Gasteiger partial charge is 0.494 e. The fourth-order valence-electron chi connectivity index (χ4n) is 2.88. The molecule has 1 unspecified atom stereocenters. The predicted molar refractivity (Wildman–Crippen MR) is 102 cm³/mol. The fourth-order valence-corrected chi connectivity index (χ4v) is 2.88. The zero-order valence-electron chi connectivity index (χ0n) is 15.1. The van der Waals surface area contributed by atoms with Crippen molar-refractivity contribution in [3.05, 3.63) is 30.3 Å². The van der Waals surface area contributed by atoms with E-state index in [1.807, 2.05) is 42.2 Å². The summed E-state index contributed by atoms with van der Waals surface area (Å²) in [6.45, 7) is 5.52. The number of nitrogens with zero attached hydrogens (tertiary/aromatic N) is 1. The number of ether oxygens (including phenoxy) is 2. The van der Waals surface area contributed by atoms with Crippen LogP contribution in [-0.2, 0) is 9.53 Å². The van der Waals surface area contributed by atoms with Crippen LogP contribution in [-0.4, -0.2) is 49.8 Å². The Hall–Kier alpha value is -1.30. The quantitative estimate of drug-likeness (QED) is 0.679. The number of piperidine rings is 1. The molecule has 0 saturated carbocycles. The molecule has 0 spiro atoms. The third kappa shape index (κ3) is 7.63. The Balaban J connectivity index is 0.00000312. The molecule has 0 bridgehead atoms. The first-order valence-corrected chi connectivity index (χ1v) is 8.99. The van der Waals surface area contributed by atoms with Gasteiger partial charge in [-0.25, -0.2) is 0 Å². The smallest absolute Gasteiger partial charge is 0.225 e. The molecule has 1 heterocycles. The van der Waals surface area contributed by atoms with Gasteiger partial charge in [0.2, 0.25) is 5.91 Å². The molecule has 1 atom stereocenters. The van der Waals surface area contributed by atoms with Crippen molar-refractivity contribution in [3.63, 3.8) is 0 Å². The van der Waals surface area contributed by atoms with Crippen molar-refractivity contribution in [3.8, 4) is 5.75 Å². The van der Waals surface area contributed by atoms with E-state index in [4.69, 9.17) is 15.2 Å². The lowest BCUT2D eigenvalue weighted by Gasteiger charge is -2.33. The van der Waals surface area contributed by atoms with Crippen LogP contribution >= 0.6 is 12.4 Å². The Labute approximate surface area is 157 Å². The maximum atomic E-state index is 12.5. The van der Waals surface area contributed by atoms with Crippen molar-refractivity contribution in [2.45, 2.75) is 38.7 Å². The zero-order chi connectivity index (χ0) is 17.2. The van der Waals surface area contributed by atoms with Crippen LogP contribution < -0.4 is 10.5 Å². The standard InChI is InChI=1S/C19H30N2O3.ClH/c1-16(10-15-24-17-6-3-2-4-7-17)19(22)21-12-8-18(9-13-21)23-14-5-11-20;/h2-4,6-7,16,18H,5,8-15,20H2,1H3;1H. The van der Waals surface area contributed by atoms with Gasteiger partial charge in [-0.1, -0.05) is 25.1 Å². The summed E-state index contributed by atoms with van der Waals surface area (Å²) >= 11 is 0. The number of carbonyl (C=O) groups is 1. The fraction of sp³-hybridized carbons (Fsp3) is 0.632. The van der Waals surface area contributed by atoms with Gasteiger partial charge in [-0.15, -0.1) is 12.4 Å². The maximum Gasteiger partial charge on any atom is 0.225 e. The summed E-state index contributed by atoms with van der Waals surface area (Å²) in [5, 5.41) is 0. The third-order valence-corrected chi connectivity index (χ3v) is 4.44. The van der Waals surface area contributed by atoms with Crippen molar-refractivity contribution in [1.82, 2.24) is 4.90 Å². The van der Waals surface area contributed by atoms with Crippen molar-refractivity contribution < 1.29 is 14.3 Å². The van der Waals surface area contributed by atoms with Crippen LogP contribution in [0.5, 0.6) is 5.75 Å². The number of nitrogens with two attached hydrogens (primary N) is 1. The zero-order valence-corrected chi connectivity index (χ0v) is 15.9. The first kappa shape index (κ1) is 21.7. The lowest BCUT2D eigenvalue weighted by molar-refractivity contribution is -0.138. The summed E-state index contributed by atoms with van der Waals surface area (Å²) < 4.78 is 11.5. The first-order valence-electron chi connectivity index (χ1n) is 8.99. The van der Waals surface area contributed by atoms with Gasteiger partial charge < -0.3 is 20.1 Å². The highest BCUT2D eigenvalue weighted by molar-refractivity contribution is 5.85. The van der Waals surface area contributed by atoms with Crippen LogP contribution in [0.2, 0.25) is 0 Å². The van der Waals surface area contributed by atoms with E-state index in [-0.39, 0.29) is 30.3 Å². The van der Waals surface area contributed by atoms with Crippen LogP contribution in [0.4, 0.5) is 0 Å². The summed E-state index contributed by atoms with van der Waals surface area (Å²) in [5.41, 5.74) is 5.47. The molecular formula is C19H31ClN2O3. The molecule has 2 rings (SSSR count). The van der Waals surface area contributed by atoms with Gasteiger partial charge in [-0.05, 0) is 44.4 Å². The number of likely N-dealkylation sites (tertiary alicyclic amines) is 1. The highest BCUT2D eigenvalue weighted by Crippen LogP contribution is 2.18. The molecule has 0 aromatic heterocycles. The summed E-state index contributed by atoms with van der Waals surface area (Å²) in [5.74, 6) is 1.07. The molecule has 2 N–H and O–H groups in total. The number of carbonyl (C=O) groups excluding carboxylic acids is 1. The predicted octanol–water partition coefficient (Wildman–Crippen LogP) is 2.87. The van der Waals surface area contributed by atoms with Crippen LogP contribution in [0.15, 0.2) is 30.3 Å². The summed E-state index contributed by atoms with van der Waals surface area (Å²) in [6, 6.07) is 9.72. The lowest BCUT2D eigenvalue weighted by atomic mass is 10.0. The van der Waals surface area contributed by atoms with Gasteiger partial charge in [-0.2, -0.15) is 0 Å². The van der Waals surface area contributed by atoms with E-state index in [0.29, 0.717) is 13.2 Å². The minimum Gasteiger partial charge on any atom is -0.494 e. The van der Waals surface area contributed by atoms with Crippen molar-refractivity contribution in [2.75, 3.05) is 32.8 Å². The molecule has 0 aliphatic carbocycles. The normalized spacial score (nSPS) is 16.2. The Bertz CT molecular complexity index is 479. The number of amides is 1. The van der Waals surface area contributed by atoms with E-state index in [1.165, 1.54) is 0 Å². The van der Waals surface area contributed by atoms with Crippen molar-refractivity contribution >= 4 is 18.3 Å². The van der Waals surface area contributed by atoms with Crippen LogP contribution in [0.1, 0.15) is 32.6 Å². The number of hydrogen-bond acceptors (Lipinski definition) is 4. The van der Waals surface area contributed by atoms with E-state index in [9.17, 15) is 4.79 Å². The lowest BCUT2D eigenvalue weighted by Crippen LogP contribution is -2.43. The highest BCUT2D eigenvalue weighted by Gasteiger charge is 2.26. The number of hydrogen-bond donors (Lipinski definition) is 1. The van der Waals surface area contributed by atoms with E-state index in [1.54, 1.807) is 0 Å². The van der Waals surface area contributed by atoms with E-state index in [0.717, 1.165) is 51.1 Å². The molecule has 25 heavy (non-hydrogen) atoms. The number of rotatable bonds is 9. The molecule has 6 heteroatoms. The minimum atomic E-state index is -0.0107. The molecule has 1 fully saturated rings. The topological polar surface area (TPSA) is 64.8 Å². The Morgan fingerprint density at radius 3 is 2.56 bits per heavy atom. The molecule has 0 radical (unpaired) electrons. The second-order valence-corrected chi connectivity index (χ2v) is 6.39. The van der Waals surface area contributed by atoms with Gasteiger partial charge in [-0.3, -0.25) is 4.79 Å². The monoisotopic (exact) mass is 370 g/mol. The van der Waals surface area contributed by atoms with E-state index in [2.05, 4.69) is 0 Å². The second kappa shape index (κ2) is 12.1. The van der Waals surface area contributed by atoms with E-state index >= 15 is 0 Å². The van der Waals surface area contributed by atoms with E-state index < -0.39 is 0 Å². The molecule has 1 aromatic rings. The van der Waals surface area contributed by atoms with Gasteiger partial charge in [0.25, 0.3) is 0 Å². The van der Waals surface area contributed by atoms with Crippen molar-refractivity contribution in [1.29, 1.82) is 0 Å². The third-order valence-electron chi connectivity index (χ3n) is 4.44. The van der Waals surface area contributed by atoms with Crippen molar-refractivity contribution in [2.24, 2.45) is 11.7 Å². The molecule has 1 aliphatic rings. The highest BCUT2D eigenvalue weighted by atomic mass is 35.5. The molecule has 1 saturated heterocycles. The van der Waals surface area contributed by atoms with Crippen LogP contribution in [0, 0.1) is 5.92 Å². The van der Waals surface area contributed by atoms with Crippen LogP contribution in [0.25, 0.3) is 0 Å². The van der Waals surface area contributed by atoms with Gasteiger partial charge >= 0.3 is 0 Å². The second-order valence-electron chi connectivity index (χ2n) is 6.39. The van der Waals surface area contributed by atoms with Gasteiger partial charge in [0, 0.05) is 25.6 Å². The Morgan fingerprint density at radius 2 is 1.92 bits per heavy atom. The molecule has 1 aromatic carbocycles. The first-order chi connectivity index (χ1) is 11.7. The summed E-state index contributed by atoms with van der Waals surface area (Å²) in [7, 11) is 0. The molecule has 5 nitrogen and oxygen atoms in total. The molecule has 1 aliphatic heterocycles. The number of halogens is 1. The summed E-state index contributed by atoms with van der Waals surface area (Å²) in [6.07, 6.45) is 3.75. The Kier molecular flexibility index (Phi) is 10.5. The molecule has 1 amide bonds. The molecule has 142 valence electrons. The van der Waals surface area contributed by atoms with Gasteiger partial charge in [0.05, 0.1) is 12.7 Å².